The highest BCUT2D eigenvalue weighted by molar-refractivity contribution is 5.63. The van der Waals surface area contributed by atoms with Gasteiger partial charge in [-0.25, -0.2) is 4.39 Å². The molecule has 0 atom stereocenters. The molecule has 0 radical (unpaired) electrons. The van der Waals surface area contributed by atoms with Crippen molar-refractivity contribution in [3.63, 3.8) is 0 Å². The van der Waals surface area contributed by atoms with E-state index in [4.69, 9.17) is 0 Å². The Balaban J connectivity index is 2.05. The molecule has 0 aromatic heterocycles. The van der Waals surface area contributed by atoms with E-state index in [1.807, 2.05) is 0 Å². The van der Waals surface area contributed by atoms with E-state index in [0.29, 0.717) is 6.33 Å². The Morgan fingerprint density at radius 3 is 1.75 bits per heavy atom. The van der Waals surface area contributed by atoms with Crippen molar-refractivity contribution in [1.29, 1.82) is 0 Å². The molecule has 0 bridgehead atoms. The van der Waals surface area contributed by atoms with Crippen molar-refractivity contribution < 1.29 is 4.39 Å². The Morgan fingerprint density at radius 2 is 1.30 bits per heavy atom. The van der Waals surface area contributed by atoms with E-state index in [-0.39, 0.29) is 0 Å². The van der Waals surface area contributed by atoms with Gasteiger partial charge < -0.3 is 0 Å². The molecule has 0 saturated heterocycles. The highest BCUT2D eigenvalue weighted by atomic mass is 19.1. The molecule has 2 aromatic carbocycles. The predicted molar refractivity (Wildman–Crippen MR) is 84.4 cm³/mol. The number of hydrogen-bond acceptors (Lipinski definition) is 0. The standard InChI is InChI=1S/C19H21F/c1-2-5-16-7-11-18(12-8-16)19-13-9-17(10-14-19)6-3-4-15-20/h4,7-15H,2-3,5-6H2,1H3. The van der Waals surface area contributed by atoms with E-state index in [2.05, 4.69) is 55.5 Å². The lowest BCUT2D eigenvalue weighted by Gasteiger charge is -2.05. The third kappa shape index (κ3) is 4.06. The normalized spacial score (nSPS) is 11.1. The van der Waals surface area contributed by atoms with Gasteiger partial charge in [-0.05, 0) is 41.5 Å². The van der Waals surface area contributed by atoms with Crippen LogP contribution in [0.2, 0.25) is 0 Å². The minimum Gasteiger partial charge on any atom is -0.216 e. The first-order valence-corrected chi connectivity index (χ1v) is 7.27. The van der Waals surface area contributed by atoms with E-state index in [9.17, 15) is 4.39 Å². The average Bonchev–Trinajstić information content (AvgIpc) is 2.49. The molecule has 0 unspecified atom stereocenters. The number of allylic oxidation sites excluding steroid dienone is 1. The minimum atomic E-state index is 0.617. The molecular formula is C19H21F. The molecule has 0 aliphatic rings. The van der Waals surface area contributed by atoms with Crippen molar-refractivity contribution in [2.75, 3.05) is 0 Å². The Labute approximate surface area is 121 Å². The molecule has 0 saturated carbocycles. The van der Waals surface area contributed by atoms with Gasteiger partial charge in [-0.15, -0.1) is 0 Å². The lowest BCUT2D eigenvalue weighted by Crippen LogP contribution is -1.86. The first-order valence-electron chi connectivity index (χ1n) is 7.27. The van der Waals surface area contributed by atoms with Crippen molar-refractivity contribution >= 4 is 0 Å². The SMILES string of the molecule is CCCc1ccc(-c2ccc(CCC=CF)cc2)cc1. The lowest BCUT2D eigenvalue weighted by molar-refractivity contribution is 0.713. The molecule has 20 heavy (non-hydrogen) atoms. The van der Waals surface area contributed by atoms with Gasteiger partial charge in [0.25, 0.3) is 0 Å². The second kappa shape index (κ2) is 7.64. The summed E-state index contributed by atoms with van der Waals surface area (Å²) < 4.78 is 11.9. The fourth-order valence-electron chi connectivity index (χ4n) is 2.33. The molecule has 104 valence electrons. The van der Waals surface area contributed by atoms with E-state index in [0.717, 1.165) is 19.3 Å². The smallest absolute Gasteiger partial charge is 0.0827 e. The second-order valence-electron chi connectivity index (χ2n) is 5.04. The zero-order valence-corrected chi connectivity index (χ0v) is 12.0. The molecule has 2 rings (SSSR count). The summed E-state index contributed by atoms with van der Waals surface area (Å²) in [6, 6.07) is 17.3. The molecule has 0 aliphatic carbocycles. The minimum absolute atomic E-state index is 0.617. The Kier molecular flexibility index (Phi) is 5.55. The molecular weight excluding hydrogens is 247 g/mol. The number of hydrogen-bond donors (Lipinski definition) is 0. The molecule has 0 nitrogen and oxygen atoms in total. The predicted octanol–water partition coefficient (Wildman–Crippen LogP) is 5.72. The number of aryl methyl sites for hydroxylation is 2. The third-order valence-electron chi connectivity index (χ3n) is 3.47. The van der Waals surface area contributed by atoms with Gasteiger partial charge in [0.05, 0.1) is 6.33 Å². The van der Waals surface area contributed by atoms with E-state index >= 15 is 0 Å². The highest BCUT2D eigenvalue weighted by Gasteiger charge is 1.99. The summed E-state index contributed by atoms with van der Waals surface area (Å²) in [7, 11) is 0. The van der Waals surface area contributed by atoms with Crippen LogP contribution in [0, 0.1) is 0 Å². The fraction of sp³-hybridized carbons (Fsp3) is 0.263. The maximum atomic E-state index is 11.9. The second-order valence-corrected chi connectivity index (χ2v) is 5.04. The summed E-state index contributed by atoms with van der Waals surface area (Å²) in [4.78, 5) is 0. The van der Waals surface area contributed by atoms with Gasteiger partial charge in [0.1, 0.15) is 0 Å². The van der Waals surface area contributed by atoms with Crippen molar-refractivity contribution in [1.82, 2.24) is 0 Å². The van der Waals surface area contributed by atoms with Crippen molar-refractivity contribution in [3.8, 4) is 11.1 Å². The Hall–Kier alpha value is -1.89. The topological polar surface area (TPSA) is 0 Å². The van der Waals surface area contributed by atoms with Crippen molar-refractivity contribution in [2.24, 2.45) is 0 Å². The van der Waals surface area contributed by atoms with E-state index in [1.165, 1.54) is 28.7 Å². The van der Waals surface area contributed by atoms with Crippen LogP contribution in [-0.2, 0) is 12.8 Å². The van der Waals surface area contributed by atoms with Crippen LogP contribution in [0.25, 0.3) is 11.1 Å². The van der Waals surface area contributed by atoms with Crippen LogP contribution in [0.15, 0.2) is 60.9 Å². The van der Waals surface area contributed by atoms with Gasteiger partial charge in [0.2, 0.25) is 0 Å². The fourth-order valence-corrected chi connectivity index (χ4v) is 2.33. The van der Waals surface area contributed by atoms with Crippen molar-refractivity contribution in [2.45, 2.75) is 32.6 Å². The van der Waals surface area contributed by atoms with E-state index < -0.39 is 0 Å². The summed E-state index contributed by atoms with van der Waals surface area (Å²) in [5.41, 5.74) is 5.12. The maximum Gasteiger partial charge on any atom is 0.0827 e. The van der Waals surface area contributed by atoms with Crippen LogP contribution in [0.4, 0.5) is 4.39 Å². The zero-order valence-electron chi connectivity index (χ0n) is 12.0. The summed E-state index contributed by atoms with van der Waals surface area (Å²) in [5.74, 6) is 0. The molecule has 0 amide bonds. The van der Waals surface area contributed by atoms with Gasteiger partial charge in [0.15, 0.2) is 0 Å². The number of benzene rings is 2. The molecule has 0 spiro atoms. The first-order chi connectivity index (χ1) is 9.83. The molecule has 0 aliphatic heterocycles. The summed E-state index contributed by atoms with van der Waals surface area (Å²) in [6.07, 6.45) is 6.13. The van der Waals surface area contributed by atoms with Gasteiger partial charge >= 0.3 is 0 Å². The Bertz CT molecular complexity index is 535. The van der Waals surface area contributed by atoms with Crippen LogP contribution in [0.5, 0.6) is 0 Å². The molecule has 2 aromatic rings. The Morgan fingerprint density at radius 1 is 0.800 bits per heavy atom. The van der Waals surface area contributed by atoms with Gasteiger partial charge in [-0.1, -0.05) is 68.0 Å². The first kappa shape index (κ1) is 14.5. The molecule has 1 heteroatoms. The van der Waals surface area contributed by atoms with Gasteiger partial charge in [-0.3, -0.25) is 0 Å². The number of rotatable bonds is 6. The van der Waals surface area contributed by atoms with Gasteiger partial charge in [0, 0.05) is 0 Å². The van der Waals surface area contributed by atoms with Crippen molar-refractivity contribution in [3.05, 3.63) is 72.1 Å². The molecule has 0 heterocycles. The van der Waals surface area contributed by atoms with Crippen LogP contribution in [-0.4, -0.2) is 0 Å². The average molecular weight is 268 g/mol. The van der Waals surface area contributed by atoms with E-state index in [1.54, 1.807) is 6.08 Å². The number of halogens is 1. The quantitative estimate of drug-likeness (QED) is 0.628. The van der Waals surface area contributed by atoms with Crippen LogP contribution in [0.3, 0.4) is 0 Å². The van der Waals surface area contributed by atoms with Crippen LogP contribution < -0.4 is 0 Å². The maximum absolute atomic E-state index is 11.9. The van der Waals surface area contributed by atoms with Crippen LogP contribution in [0.1, 0.15) is 30.9 Å². The highest BCUT2D eigenvalue weighted by Crippen LogP contribution is 2.21. The largest absolute Gasteiger partial charge is 0.216 e. The zero-order chi connectivity index (χ0) is 14.2. The molecule has 0 N–H and O–H groups in total. The van der Waals surface area contributed by atoms with Crippen LogP contribution >= 0.6 is 0 Å². The summed E-state index contributed by atoms with van der Waals surface area (Å²) in [6.45, 7) is 2.20. The summed E-state index contributed by atoms with van der Waals surface area (Å²) >= 11 is 0. The molecule has 0 fully saturated rings. The third-order valence-corrected chi connectivity index (χ3v) is 3.47. The lowest BCUT2D eigenvalue weighted by atomic mass is 10.00. The monoisotopic (exact) mass is 268 g/mol. The summed E-state index contributed by atoms with van der Waals surface area (Å²) in [5, 5.41) is 0. The van der Waals surface area contributed by atoms with Gasteiger partial charge in [-0.2, -0.15) is 0 Å².